The summed E-state index contributed by atoms with van der Waals surface area (Å²) < 4.78 is 16.8. The van der Waals surface area contributed by atoms with E-state index >= 15 is 0 Å². The van der Waals surface area contributed by atoms with Gasteiger partial charge in [-0.2, -0.15) is 0 Å². The standard InChI is InChI=1S/C57H102O6/c1-4-7-10-13-16-19-22-25-27-29-31-32-35-38-41-44-47-50-56(59)62-53-54(52-61-55(58)49-46-43-40-37-34-24-21-18-15-12-9-6-3)63-57(60)51-48-45-42-39-36-33-30-28-26-23-20-17-14-11-8-5-2/h8,11,17,20,26,28,33,36,54H,4-7,9-10,12-16,18-19,21-25,27,29-32,34-35,37-53H2,1-3H3/b11-8-,20-17-,28-26-,36-33-. The van der Waals surface area contributed by atoms with Gasteiger partial charge >= 0.3 is 17.9 Å². The summed E-state index contributed by atoms with van der Waals surface area (Å²) in [7, 11) is 0. The molecule has 6 heteroatoms. The Morgan fingerprint density at radius 2 is 0.619 bits per heavy atom. The van der Waals surface area contributed by atoms with Crippen molar-refractivity contribution in [3.63, 3.8) is 0 Å². The molecule has 0 radical (unpaired) electrons. The second kappa shape index (κ2) is 52.0. The average molecular weight is 883 g/mol. The Morgan fingerprint density at radius 1 is 0.333 bits per heavy atom. The average Bonchev–Trinajstić information content (AvgIpc) is 3.28. The molecule has 0 spiro atoms. The summed E-state index contributed by atoms with van der Waals surface area (Å²) in [4.78, 5) is 38.0. The van der Waals surface area contributed by atoms with E-state index in [1.165, 1.54) is 148 Å². The number of carbonyl (C=O) groups excluding carboxylic acids is 3. The Hall–Kier alpha value is -2.63. The number of esters is 3. The van der Waals surface area contributed by atoms with Crippen molar-refractivity contribution in [3.8, 4) is 0 Å². The smallest absolute Gasteiger partial charge is 0.306 e. The van der Waals surface area contributed by atoms with Crippen LogP contribution in [0.1, 0.15) is 278 Å². The van der Waals surface area contributed by atoms with Gasteiger partial charge in [0.1, 0.15) is 13.2 Å². The summed E-state index contributed by atoms with van der Waals surface area (Å²) in [5.41, 5.74) is 0. The fraction of sp³-hybridized carbons (Fsp3) is 0.807. The van der Waals surface area contributed by atoms with Crippen molar-refractivity contribution in [2.75, 3.05) is 13.2 Å². The molecule has 6 nitrogen and oxygen atoms in total. The first-order valence-electron chi connectivity index (χ1n) is 27.1. The Labute approximate surface area is 390 Å². The molecule has 0 aromatic heterocycles. The maximum atomic E-state index is 12.8. The molecule has 0 aromatic rings. The zero-order valence-electron chi connectivity index (χ0n) is 41.8. The second-order valence-electron chi connectivity index (χ2n) is 18.1. The van der Waals surface area contributed by atoms with Crippen molar-refractivity contribution >= 4 is 17.9 Å². The molecule has 0 bridgehead atoms. The highest BCUT2D eigenvalue weighted by molar-refractivity contribution is 5.71. The van der Waals surface area contributed by atoms with Gasteiger partial charge in [0.2, 0.25) is 0 Å². The molecule has 0 aliphatic rings. The number of hydrogen-bond donors (Lipinski definition) is 0. The van der Waals surface area contributed by atoms with Crippen LogP contribution in [-0.2, 0) is 28.6 Å². The number of allylic oxidation sites excluding steroid dienone is 8. The molecule has 1 atom stereocenters. The number of unbranched alkanes of at least 4 members (excludes halogenated alkanes) is 30. The minimum atomic E-state index is -0.785. The van der Waals surface area contributed by atoms with Crippen LogP contribution >= 0.6 is 0 Å². The minimum absolute atomic E-state index is 0.0821. The molecule has 366 valence electrons. The zero-order valence-corrected chi connectivity index (χ0v) is 41.8. The molecule has 0 heterocycles. The fourth-order valence-electron chi connectivity index (χ4n) is 7.79. The molecule has 0 aliphatic heterocycles. The molecule has 0 saturated heterocycles. The maximum Gasteiger partial charge on any atom is 0.306 e. The molecular weight excluding hydrogens is 781 g/mol. The predicted molar refractivity (Wildman–Crippen MR) is 270 cm³/mol. The number of carbonyl (C=O) groups is 3. The molecular formula is C57H102O6. The topological polar surface area (TPSA) is 78.9 Å². The van der Waals surface area contributed by atoms with Crippen LogP contribution < -0.4 is 0 Å². The van der Waals surface area contributed by atoms with E-state index in [0.29, 0.717) is 19.3 Å². The van der Waals surface area contributed by atoms with Crippen molar-refractivity contribution in [3.05, 3.63) is 48.6 Å². The Kier molecular flexibility index (Phi) is 49.8. The van der Waals surface area contributed by atoms with Crippen LogP contribution in [-0.4, -0.2) is 37.2 Å². The molecule has 0 N–H and O–H groups in total. The maximum absolute atomic E-state index is 12.8. The lowest BCUT2D eigenvalue weighted by Crippen LogP contribution is -2.30. The molecule has 0 fully saturated rings. The highest BCUT2D eigenvalue weighted by Crippen LogP contribution is 2.16. The van der Waals surface area contributed by atoms with Gasteiger partial charge in [0, 0.05) is 19.3 Å². The third-order valence-electron chi connectivity index (χ3n) is 11.8. The third-order valence-corrected chi connectivity index (χ3v) is 11.8. The second-order valence-corrected chi connectivity index (χ2v) is 18.1. The minimum Gasteiger partial charge on any atom is -0.462 e. The monoisotopic (exact) mass is 883 g/mol. The van der Waals surface area contributed by atoms with E-state index in [1.54, 1.807) is 0 Å². The van der Waals surface area contributed by atoms with Crippen molar-refractivity contribution < 1.29 is 28.6 Å². The largest absolute Gasteiger partial charge is 0.462 e. The van der Waals surface area contributed by atoms with Crippen LogP contribution in [0.4, 0.5) is 0 Å². The molecule has 0 rings (SSSR count). The molecule has 63 heavy (non-hydrogen) atoms. The summed E-state index contributed by atoms with van der Waals surface area (Å²) in [5.74, 6) is -0.901. The molecule has 1 unspecified atom stereocenters. The highest BCUT2D eigenvalue weighted by Gasteiger charge is 2.19. The van der Waals surface area contributed by atoms with Gasteiger partial charge in [0.15, 0.2) is 6.10 Å². The van der Waals surface area contributed by atoms with Crippen LogP contribution in [0.2, 0.25) is 0 Å². The van der Waals surface area contributed by atoms with Gasteiger partial charge < -0.3 is 14.2 Å². The fourth-order valence-corrected chi connectivity index (χ4v) is 7.79. The Morgan fingerprint density at radius 3 is 0.968 bits per heavy atom. The van der Waals surface area contributed by atoms with Gasteiger partial charge in [0.05, 0.1) is 0 Å². The van der Waals surface area contributed by atoms with Crippen molar-refractivity contribution in [2.24, 2.45) is 0 Å². The Balaban J connectivity index is 4.38. The van der Waals surface area contributed by atoms with E-state index in [1.807, 2.05) is 0 Å². The van der Waals surface area contributed by atoms with E-state index < -0.39 is 6.10 Å². The molecule has 0 amide bonds. The normalized spacial score (nSPS) is 12.4. The van der Waals surface area contributed by atoms with Gasteiger partial charge in [-0.05, 0) is 57.8 Å². The first kappa shape index (κ1) is 60.4. The number of ether oxygens (including phenoxy) is 3. The van der Waals surface area contributed by atoms with Crippen molar-refractivity contribution in [1.29, 1.82) is 0 Å². The molecule has 0 aliphatic carbocycles. The lowest BCUT2D eigenvalue weighted by molar-refractivity contribution is -0.167. The number of hydrogen-bond acceptors (Lipinski definition) is 6. The van der Waals surface area contributed by atoms with Crippen molar-refractivity contribution in [1.82, 2.24) is 0 Å². The van der Waals surface area contributed by atoms with Crippen LogP contribution in [0.25, 0.3) is 0 Å². The lowest BCUT2D eigenvalue weighted by atomic mass is 10.0. The van der Waals surface area contributed by atoms with Gasteiger partial charge in [-0.15, -0.1) is 0 Å². The van der Waals surface area contributed by atoms with E-state index in [0.717, 1.165) is 89.9 Å². The van der Waals surface area contributed by atoms with E-state index in [-0.39, 0.29) is 31.1 Å². The summed E-state index contributed by atoms with van der Waals surface area (Å²) in [6.45, 7) is 6.52. The first-order valence-corrected chi connectivity index (χ1v) is 27.1. The van der Waals surface area contributed by atoms with Crippen LogP contribution in [0, 0.1) is 0 Å². The zero-order chi connectivity index (χ0) is 45.8. The summed E-state index contributed by atoms with van der Waals surface area (Å²) in [5, 5.41) is 0. The summed E-state index contributed by atoms with van der Waals surface area (Å²) >= 11 is 0. The summed E-state index contributed by atoms with van der Waals surface area (Å²) in [6, 6.07) is 0. The van der Waals surface area contributed by atoms with Crippen LogP contribution in [0.5, 0.6) is 0 Å². The van der Waals surface area contributed by atoms with E-state index in [2.05, 4.69) is 69.4 Å². The highest BCUT2D eigenvalue weighted by atomic mass is 16.6. The number of rotatable bonds is 49. The van der Waals surface area contributed by atoms with Gasteiger partial charge in [-0.1, -0.05) is 249 Å². The SMILES string of the molecule is CC/C=C\C/C=C\C/C=C\C/C=C\CCCCCC(=O)OC(COC(=O)CCCCCCCCCCCCCC)COC(=O)CCCCCCCCCCCCCCCCCCC. The van der Waals surface area contributed by atoms with Gasteiger partial charge in [-0.25, -0.2) is 0 Å². The van der Waals surface area contributed by atoms with E-state index in [9.17, 15) is 14.4 Å². The Bertz CT molecular complexity index is 1110. The molecule has 0 saturated carbocycles. The summed E-state index contributed by atoms with van der Waals surface area (Å²) in [6.07, 6.45) is 62.4. The third kappa shape index (κ3) is 50.2. The first-order chi connectivity index (χ1) is 31.0. The van der Waals surface area contributed by atoms with Crippen LogP contribution in [0.3, 0.4) is 0 Å². The van der Waals surface area contributed by atoms with Gasteiger partial charge in [0.25, 0.3) is 0 Å². The molecule has 0 aromatic carbocycles. The van der Waals surface area contributed by atoms with E-state index in [4.69, 9.17) is 14.2 Å². The van der Waals surface area contributed by atoms with Gasteiger partial charge in [-0.3, -0.25) is 14.4 Å². The van der Waals surface area contributed by atoms with Crippen LogP contribution in [0.15, 0.2) is 48.6 Å². The lowest BCUT2D eigenvalue weighted by Gasteiger charge is -2.18. The quantitative estimate of drug-likeness (QED) is 0.0262. The predicted octanol–water partition coefficient (Wildman–Crippen LogP) is 17.9. The van der Waals surface area contributed by atoms with Crippen molar-refractivity contribution in [2.45, 2.75) is 284 Å².